The summed E-state index contributed by atoms with van der Waals surface area (Å²) in [5.74, 6) is 0. The average molecular weight is 308 g/mol. The van der Waals surface area contributed by atoms with Crippen molar-refractivity contribution in [2.75, 3.05) is 13.1 Å². The molecule has 1 fully saturated rings. The van der Waals surface area contributed by atoms with Gasteiger partial charge in [0.1, 0.15) is 0 Å². The maximum absolute atomic E-state index is 6.52. The summed E-state index contributed by atoms with van der Waals surface area (Å²) in [6.45, 7) is 8.90. The molecule has 0 aliphatic heterocycles. The normalized spacial score (nSPS) is 19.2. The van der Waals surface area contributed by atoms with Crippen molar-refractivity contribution < 1.29 is 0 Å². The molecule has 0 heterocycles. The first-order valence-corrected chi connectivity index (χ1v) is 8.95. The zero-order valence-electron chi connectivity index (χ0n) is 13.8. The van der Waals surface area contributed by atoms with Gasteiger partial charge in [0.2, 0.25) is 0 Å². The van der Waals surface area contributed by atoms with Crippen molar-refractivity contribution in [2.24, 2.45) is 5.41 Å². The third kappa shape index (κ3) is 3.46. The van der Waals surface area contributed by atoms with Gasteiger partial charge in [0.25, 0.3) is 0 Å². The maximum atomic E-state index is 6.52. The smallest absolute Gasteiger partial charge is 0.0444 e. The van der Waals surface area contributed by atoms with Crippen molar-refractivity contribution in [3.8, 4) is 0 Å². The Morgan fingerprint density at radius 3 is 2.19 bits per heavy atom. The topological polar surface area (TPSA) is 12.0 Å². The van der Waals surface area contributed by atoms with Crippen LogP contribution >= 0.6 is 11.6 Å². The Kier molecular flexibility index (Phi) is 5.73. The van der Waals surface area contributed by atoms with E-state index in [0.29, 0.717) is 5.41 Å². The number of benzene rings is 1. The van der Waals surface area contributed by atoms with E-state index in [0.717, 1.165) is 18.1 Å². The molecule has 1 aromatic carbocycles. The third-order valence-corrected chi connectivity index (χ3v) is 5.48. The van der Waals surface area contributed by atoms with E-state index in [4.69, 9.17) is 11.6 Å². The number of hydrogen-bond acceptors (Lipinski definition) is 1. The predicted molar refractivity (Wildman–Crippen MR) is 93.2 cm³/mol. The second-order valence-corrected chi connectivity index (χ2v) is 7.30. The van der Waals surface area contributed by atoms with E-state index in [2.05, 4.69) is 38.2 Å². The molecular weight excluding hydrogens is 278 g/mol. The molecule has 21 heavy (non-hydrogen) atoms. The molecule has 0 atom stereocenters. The van der Waals surface area contributed by atoms with Crippen LogP contribution in [0.25, 0.3) is 0 Å². The minimum absolute atomic E-state index is 0.249. The summed E-state index contributed by atoms with van der Waals surface area (Å²) >= 11 is 6.52. The van der Waals surface area contributed by atoms with Crippen molar-refractivity contribution >= 4 is 11.6 Å². The summed E-state index contributed by atoms with van der Waals surface area (Å²) in [5.41, 5.74) is 2.16. The van der Waals surface area contributed by atoms with E-state index in [1.807, 2.05) is 12.1 Å². The van der Waals surface area contributed by atoms with Gasteiger partial charge in [0, 0.05) is 17.0 Å². The van der Waals surface area contributed by atoms with Gasteiger partial charge in [-0.25, -0.2) is 0 Å². The third-order valence-electron chi connectivity index (χ3n) is 5.15. The van der Waals surface area contributed by atoms with Crippen molar-refractivity contribution in [1.29, 1.82) is 0 Å². The lowest BCUT2D eigenvalue weighted by Gasteiger charge is -2.58. The maximum Gasteiger partial charge on any atom is 0.0444 e. The van der Waals surface area contributed by atoms with Crippen LogP contribution in [0.15, 0.2) is 24.3 Å². The molecule has 0 amide bonds. The summed E-state index contributed by atoms with van der Waals surface area (Å²) in [7, 11) is 0. The fourth-order valence-electron chi connectivity index (χ4n) is 4.59. The van der Waals surface area contributed by atoms with Gasteiger partial charge in [-0.15, -0.1) is 0 Å². The SMILES string of the molecule is CCCC1(CCC)CC(CNCC)(c2ccccc2Cl)C1. The highest BCUT2D eigenvalue weighted by Gasteiger charge is 2.54. The fraction of sp³-hybridized carbons (Fsp3) is 0.684. The van der Waals surface area contributed by atoms with Crippen LogP contribution in [0.1, 0.15) is 64.9 Å². The Balaban J connectivity index is 2.24. The van der Waals surface area contributed by atoms with Crippen LogP contribution in [-0.4, -0.2) is 13.1 Å². The van der Waals surface area contributed by atoms with E-state index in [1.165, 1.54) is 44.1 Å². The largest absolute Gasteiger partial charge is 0.316 e. The number of hydrogen-bond donors (Lipinski definition) is 1. The zero-order valence-corrected chi connectivity index (χ0v) is 14.6. The van der Waals surface area contributed by atoms with Crippen LogP contribution in [0.3, 0.4) is 0 Å². The van der Waals surface area contributed by atoms with Crippen molar-refractivity contribution in [2.45, 2.75) is 64.7 Å². The van der Waals surface area contributed by atoms with Crippen molar-refractivity contribution in [3.63, 3.8) is 0 Å². The van der Waals surface area contributed by atoms with Crippen LogP contribution in [0.5, 0.6) is 0 Å². The molecule has 1 N–H and O–H groups in total. The van der Waals surface area contributed by atoms with Gasteiger partial charge in [-0.2, -0.15) is 0 Å². The lowest BCUT2D eigenvalue weighted by molar-refractivity contribution is 0.00320. The van der Waals surface area contributed by atoms with Gasteiger partial charge in [0.05, 0.1) is 0 Å². The number of nitrogens with one attached hydrogen (secondary N) is 1. The second-order valence-electron chi connectivity index (χ2n) is 6.89. The first-order chi connectivity index (χ1) is 10.1. The van der Waals surface area contributed by atoms with E-state index in [9.17, 15) is 0 Å². The molecule has 0 spiro atoms. The molecule has 0 aromatic heterocycles. The van der Waals surface area contributed by atoms with E-state index >= 15 is 0 Å². The Hall–Kier alpha value is -0.530. The van der Waals surface area contributed by atoms with E-state index < -0.39 is 0 Å². The molecule has 1 nitrogen and oxygen atoms in total. The molecule has 1 aliphatic carbocycles. The molecule has 2 rings (SSSR count). The number of likely N-dealkylation sites (N-methyl/N-ethyl adjacent to an activating group) is 1. The highest BCUT2D eigenvalue weighted by Crippen LogP contribution is 2.60. The van der Waals surface area contributed by atoms with Gasteiger partial charge >= 0.3 is 0 Å². The van der Waals surface area contributed by atoms with Gasteiger partial charge in [-0.05, 0) is 49.3 Å². The minimum atomic E-state index is 0.249. The monoisotopic (exact) mass is 307 g/mol. The second kappa shape index (κ2) is 7.15. The van der Waals surface area contributed by atoms with Crippen molar-refractivity contribution in [1.82, 2.24) is 5.32 Å². The van der Waals surface area contributed by atoms with E-state index in [1.54, 1.807) is 0 Å². The number of halogens is 1. The van der Waals surface area contributed by atoms with Crippen LogP contribution in [-0.2, 0) is 5.41 Å². The Morgan fingerprint density at radius 2 is 1.67 bits per heavy atom. The molecule has 1 aliphatic rings. The molecule has 118 valence electrons. The quantitative estimate of drug-likeness (QED) is 0.662. The predicted octanol–water partition coefficient (Wildman–Crippen LogP) is 5.57. The van der Waals surface area contributed by atoms with Gasteiger partial charge in [0.15, 0.2) is 0 Å². The van der Waals surface area contributed by atoms with Crippen LogP contribution in [0, 0.1) is 5.41 Å². The summed E-state index contributed by atoms with van der Waals surface area (Å²) in [6.07, 6.45) is 7.88. The van der Waals surface area contributed by atoms with Crippen LogP contribution in [0.2, 0.25) is 5.02 Å². The van der Waals surface area contributed by atoms with Gasteiger partial charge in [-0.3, -0.25) is 0 Å². The summed E-state index contributed by atoms with van der Waals surface area (Å²) in [5, 5.41) is 4.52. The molecule has 0 unspecified atom stereocenters. The average Bonchev–Trinajstić information content (AvgIpc) is 2.43. The molecule has 1 aromatic rings. The fourth-order valence-corrected chi connectivity index (χ4v) is 4.93. The van der Waals surface area contributed by atoms with Gasteiger partial charge < -0.3 is 5.32 Å². The highest BCUT2D eigenvalue weighted by atomic mass is 35.5. The standard InChI is InChI=1S/C19H30ClN/c1-4-11-18(12-5-2)13-19(14-18,15-21-6-3)16-9-7-8-10-17(16)20/h7-10,21H,4-6,11-15H2,1-3H3. The lowest BCUT2D eigenvalue weighted by Crippen LogP contribution is -2.54. The van der Waals surface area contributed by atoms with Crippen LogP contribution < -0.4 is 5.32 Å². The molecule has 0 saturated heterocycles. The summed E-state index contributed by atoms with van der Waals surface area (Å²) in [4.78, 5) is 0. The molecule has 0 radical (unpaired) electrons. The zero-order chi connectivity index (χ0) is 15.3. The van der Waals surface area contributed by atoms with Crippen molar-refractivity contribution in [3.05, 3.63) is 34.9 Å². The Labute approximate surface area is 135 Å². The van der Waals surface area contributed by atoms with E-state index in [-0.39, 0.29) is 5.41 Å². The number of rotatable bonds is 8. The molecular formula is C19H30ClN. The Bertz CT molecular complexity index is 441. The first kappa shape index (κ1) is 16.8. The molecule has 0 bridgehead atoms. The van der Waals surface area contributed by atoms with Crippen LogP contribution in [0.4, 0.5) is 0 Å². The summed E-state index contributed by atoms with van der Waals surface area (Å²) in [6, 6.07) is 8.46. The molecule has 1 saturated carbocycles. The minimum Gasteiger partial charge on any atom is -0.316 e. The van der Waals surface area contributed by atoms with Gasteiger partial charge in [-0.1, -0.05) is 63.4 Å². The highest BCUT2D eigenvalue weighted by molar-refractivity contribution is 6.31. The first-order valence-electron chi connectivity index (χ1n) is 8.57. The summed E-state index contributed by atoms with van der Waals surface area (Å²) < 4.78 is 0. The molecule has 2 heteroatoms. The Morgan fingerprint density at radius 1 is 1.05 bits per heavy atom. The lowest BCUT2D eigenvalue weighted by atomic mass is 9.48.